The molecule has 1 radical (unpaired) electrons. The third-order valence-corrected chi connectivity index (χ3v) is 9.83. The van der Waals surface area contributed by atoms with Gasteiger partial charge in [-0.15, -0.1) is 47.5 Å². The zero-order valence-electron chi connectivity index (χ0n) is 53.4. The molecule has 0 atom stereocenters. The number of rotatable bonds is 6. The SMILES string of the molecule is [2H]C([2H])([2H])c1ccc(-c2[c-]cc(C([2H])([2H])[2H])c(-c3ccccc3)c2)nc1.[2H]C([2H])([2H])c1ccc2c(c1)oc1c(-c3cc(-c4cc(C([2H])([2H])[2H])c(-c5ccc(C([2H])([2H])C(C)(C)C)cc5)cc4C([2H])([2H])[2H])c(C([2H])([2H])[2H])cn3)[c-]ccc12.[Ir]. The molecule has 0 aliphatic rings. The first kappa shape index (κ1) is 24.5. The van der Waals surface area contributed by atoms with Crippen LogP contribution < -0.4 is 0 Å². The van der Waals surface area contributed by atoms with Crippen molar-refractivity contribution in [1.82, 2.24) is 9.97 Å². The third kappa shape index (κ3) is 9.52. The molecule has 6 aromatic carbocycles. The Balaban J connectivity index is 0.000000293. The first-order chi connectivity index (χ1) is 36.9. The maximum Gasteiger partial charge on any atom is 0.121 e. The average Bonchev–Trinajstić information content (AvgIpc) is 4.05. The van der Waals surface area contributed by atoms with Gasteiger partial charge in [-0.05, 0) is 125 Å². The first-order valence-electron chi connectivity index (χ1n) is 29.1. The smallest absolute Gasteiger partial charge is 0.121 e. The molecule has 0 saturated heterocycles. The summed E-state index contributed by atoms with van der Waals surface area (Å²) in [6, 6.07) is 39.5. The molecule has 0 spiro atoms. The molecule has 61 heavy (non-hydrogen) atoms. The van der Waals surface area contributed by atoms with Gasteiger partial charge in [0, 0.05) is 65.3 Å². The minimum Gasteiger partial charge on any atom is -0.501 e. The summed E-state index contributed by atoms with van der Waals surface area (Å²) in [5.74, 6) is 0. The van der Waals surface area contributed by atoms with Gasteiger partial charge in [0.25, 0.3) is 0 Å². The quantitative estimate of drug-likeness (QED) is 0.156. The van der Waals surface area contributed by atoms with Crippen LogP contribution in [0.15, 0.2) is 144 Å². The maximum atomic E-state index is 8.65. The fourth-order valence-electron chi connectivity index (χ4n) is 7.02. The standard InChI is InChI=1S/C38H36NO.C19H16N.Ir/c1-23-11-16-29-30-9-8-10-31(37(30)40-36(29)17-23)35-20-34(26(4)22-39-35)33-19-24(2)32(18-25(33)3)28-14-12-27(13-15-28)21-38(5,6)7;1-14-8-11-19(20-13-14)17-10-9-15(2)18(12-17)16-6-4-3-5-7-16;/h8-9,11-20,22H,21H2,1-7H3;3-9,11-13H,1-2H3;/q2*-1;/i1D3,2D3,3D3,4D3,21D2;1D3,2D3;. The Hall–Kier alpha value is -5.93. The average molecular weight is 993 g/mol. The summed E-state index contributed by atoms with van der Waals surface area (Å²) in [5.41, 5.74) is 2.93. The second-order valence-electron chi connectivity index (χ2n) is 15.4. The Morgan fingerprint density at radius 1 is 0.590 bits per heavy atom. The zero-order valence-corrected chi connectivity index (χ0v) is 35.8. The van der Waals surface area contributed by atoms with Crippen LogP contribution in [0, 0.1) is 58.7 Å². The van der Waals surface area contributed by atoms with Gasteiger partial charge in [0.1, 0.15) is 5.58 Å². The Bertz CT molecular complexity index is 3740. The number of hydrogen-bond donors (Lipinski definition) is 0. The van der Waals surface area contributed by atoms with E-state index in [-0.39, 0.29) is 87.0 Å². The van der Waals surface area contributed by atoms with E-state index in [4.69, 9.17) is 31.8 Å². The van der Waals surface area contributed by atoms with E-state index in [1.165, 1.54) is 48.7 Å². The first-order valence-corrected chi connectivity index (χ1v) is 19.1. The summed E-state index contributed by atoms with van der Waals surface area (Å²) in [6.45, 7) is -9.99. The van der Waals surface area contributed by atoms with Crippen molar-refractivity contribution in [2.75, 3.05) is 0 Å². The van der Waals surface area contributed by atoms with Crippen molar-refractivity contribution in [2.45, 2.75) is 68.3 Å². The normalized spacial score (nSPS) is 17.6. The van der Waals surface area contributed by atoms with E-state index in [1.54, 1.807) is 75.4 Å². The minimum absolute atomic E-state index is 0. The van der Waals surface area contributed by atoms with E-state index in [1.807, 2.05) is 30.3 Å². The second-order valence-corrected chi connectivity index (χ2v) is 15.4. The number of benzene rings is 6. The predicted molar refractivity (Wildman–Crippen MR) is 252 cm³/mol. The molecular formula is C57H52IrN2O-2. The molecule has 9 rings (SSSR count). The van der Waals surface area contributed by atoms with Crippen LogP contribution in [0.4, 0.5) is 0 Å². The van der Waals surface area contributed by atoms with Crippen molar-refractivity contribution >= 4 is 21.9 Å². The van der Waals surface area contributed by atoms with Crippen molar-refractivity contribution in [3.8, 4) is 55.9 Å². The molecular weight excluding hydrogens is 921 g/mol. The summed E-state index contributed by atoms with van der Waals surface area (Å²) in [4.78, 5) is 8.64. The van der Waals surface area contributed by atoms with Gasteiger partial charge in [0.15, 0.2) is 0 Å². The summed E-state index contributed by atoms with van der Waals surface area (Å²) in [7, 11) is 0. The van der Waals surface area contributed by atoms with Crippen LogP contribution in [0.5, 0.6) is 0 Å². The van der Waals surface area contributed by atoms with E-state index in [2.05, 4.69) is 22.1 Å². The fraction of sp³-hybridized carbons (Fsp3) is 0.193. The van der Waals surface area contributed by atoms with Gasteiger partial charge in [-0.25, -0.2) is 0 Å². The number of furan rings is 1. The molecule has 0 saturated carbocycles. The fourth-order valence-corrected chi connectivity index (χ4v) is 7.02. The van der Waals surface area contributed by atoms with Crippen molar-refractivity contribution in [1.29, 1.82) is 0 Å². The van der Waals surface area contributed by atoms with Gasteiger partial charge < -0.3 is 14.4 Å². The molecule has 0 bridgehead atoms. The number of hydrogen-bond acceptors (Lipinski definition) is 3. The number of aryl methyl sites for hydroxylation is 6. The summed E-state index contributed by atoms with van der Waals surface area (Å²) in [5, 5.41) is 1.23. The van der Waals surface area contributed by atoms with Gasteiger partial charge in [-0.2, -0.15) is 0 Å². The molecule has 3 heterocycles. The van der Waals surface area contributed by atoms with Gasteiger partial charge >= 0.3 is 0 Å². The van der Waals surface area contributed by atoms with E-state index in [0.29, 0.717) is 44.3 Å². The third-order valence-electron chi connectivity index (χ3n) is 9.83. The zero-order chi connectivity index (χ0) is 58.9. The van der Waals surface area contributed by atoms with Crippen LogP contribution in [0.1, 0.15) is 87.1 Å². The monoisotopic (exact) mass is 993 g/mol. The van der Waals surface area contributed by atoms with Crippen LogP contribution in [-0.2, 0) is 26.5 Å². The van der Waals surface area contributed by atoms with Crippen LogP contribution >= 0.6 is 0 Å². The molecule has 0 aliphatic carbocycles. The van der Waals surface area contributed by atoms with Gasteiger partial charge in [-0.1, -0.05) is 141 Å². The Kier molecular flexibility index (Phi) is 7.21. The number of fused-ring (bicyclic) bond motifs is 3. The van der Waals surface area contributed by atoms with Crippen molar-refractivity contribution in [3.63, 3.8) is 0 Å². The molecule has 3 aromatic heterocycles. The second kappa shape index (κ2) is 18.0. The number of pyridine rings is 2. The minimum atomic E-state index is -2.85. The summed E-state index contributed by atoms with van der Waals surface area (Å²) < 4.78 is 168. The molecule has 0 unspecified atom stereocenters. The Morgan fingerprint density at radius 2 is 1.28 bits per heavy atom. The molecule has 3 nitrogen and oxygen atoms in total. The molecule has 9 aromatic rings. The van der Waals surface area contributed by atoms with Crippen LogP contribution in [0.2, 0.25) is 0 Å². The van der Waals surface area contributed by atoms with Gasteiger partial charge in [0.05, 0.1) is 5.58 Å². The maximum absolute atomic E-state index is 8.65. The number of aromatic nitrogens is 2. The van der Waals surface area contributed by atoms with E-state index in [9.17, 15) is 0 Å². The molecule has 0 fully saturated rings. The predicted octanol–water partition coefficient (Wildman–Crippen LogP) is 15.4. The van der Waals surface area contributed by atoms with Crippen LogP contribution in [0.3, 0.4) is 0 Å². The largest absolute Gasteiger partial charge is 0.501 e. The molecule has 0 N–H and O–H groups in total. The van der Waals surface area contributed by atoms with E-state index >= 15 is 0 Å². The van der Waals surface area contributed by atoms with Gasteiger partial charge in [0.2, 0.25) is 0 Å². The van der Waals surface area contributed by atoms with Crippen LogP contribution in [-0.4, -0.2) is 9.97 Å². The summed E-state index contributed by atoms with van der Waals surface area (Å²) in [6.07, 6.45) is 0.686. The molecule has 4 heteroatoms. The Labute approximate surface area is 403 Å². The molecule has 0 amide bonds. The molecule has 0 aliphatic heterocycles. The van der Waals surface area contributed by atoms with E-state index < -0.39 is 52.9 Å². The Morgan fingerprint density at radius 3 is 2.00 bits per heavy atom. The topological polar surface area (TPSA) is 38.9 Å². The van der Waals surface area contributed by atoms with Crippen molar-refractivity contribution < 1.29 is 51.9 Å². The summed E-state index contributed by atoms with van der Waals surface area (Å²) >= 11 is 0. The van der Waals surface area contributed by atoms with Crippen molar-refractivity contribution in [2.24, 2.45) is 5.41 Å². The van der Waals surface area contributed by atoms with Crippen molar-refractivity contribution in [3.05, 3.63) is 191 Å². The van der Waals surface area contributed by atoms with E-state index in [0.717, 1.165) is 11.8 Å². The van der Waals surface area contributed by atoms with Crippen LogP contribution in [0.25, 0.3) is 77.8 Å². The molecule has 307 valence electrons. The van der Waals surface area contributed by atoms with Gasteiger partial charge in [-0.3, -0.25) is 0 Å². The number of nitrogens with zero attached hydrogens (tertiary/aromatic N) is 2.